The summed E-state index contributed by atoms with van der Waals surface area (Å²) < 4.78 is 0. The molecule has 1 amide bonds. The van der Waals surface area contributed by atoms with Gasteiger partial charge in [0.1, 0.15) is 0 Å². The average Bonchev–Trinajstić information content (AvgIpc) is 2.56. The predicted molar refractivity (Wildman–Crippen MR) is 92.9 cm³/mol. The van der Waals surface area contributed by atoms with Crippen molar-refractivity contribution >= 4 is 11.6 Å². The minimum absolute atomic E-state index is 0.0750. The molecule has 1 fully saturated rings. The molecule has 4 heteroatoms. The molecule has 1 atom stereocenters. The number of aliphatic hydroxyl groups is 1. The molecular formula is C19H26N2O2. The average molecular weight is 314 g/mol. The molecule has 1 aromatic carbocycles. The quantitative estimate of drug-likeness (QED) is 0.492. The van der Waals surface area contributed by atoms with Gasteiger partial charge in [0.05, 0.1) is 17.5 Å². The summed E-state index contributed by atoms with van der Waals surface area (Å²) in [5, 5.41) is 17.8. The highest BCUT2D eigenvalue weighted by Crippen LogP contribution is 2.23. The molecule has 1 heterocycles. The molecule has 1 aliphatic rings. The molecular weight excluding hydrogens is 288 g/mol. The molecule has 1 aromatic rings. The summed E-state index contributed by atoms with van der Waals surface area (Å²) in [4.78, 5) is 14.5. The fourth-order valence-corrected chi connectivity index (χ4v) is 3.17. The maximum atomic E-state index is 12.7. The third kappa shape index (κ3) is 4.21. The highest BCUT2D eigenvalue weighted by Gasteiger charge is 2.27. The number of carbonyl (C=O) groups excluding carboxylic acids is 1. The van der Waals surface area contributed by atoms with Crippen molar-refractivity contribution in [1.82, 2.24) is 4.90 Å². The fraction of sp³-hybridized carbons (Fsp3) is 0.474. The lowest BCUT2D eigenvalue weighted by molar-refractivity contribution is -0.128. The zero-order valence-electron chi connectivity index (χ0n) is 14.0. The first-order valence-corrected chi connectivity index (χ1v) is 8.36. The van der Waals surface area contributed by atoms with Crippen molar-refractivity contribution in [2.75, 3.05) is 13.1 Å². The smallest absolute Gasteiger partial charge is 0.259 e. The Kier molecular flexibility index (Phi) is 5.97. The first-order chi connectivity index (χ1) is 11.1. The Morgan fingerprint density at radius 2 is 2.09 bits per heavy atom. The van der Waals surface area contributed by atoms with E-state index < -0.39 is 0 Å². The number of benzene rings is 1. The maximum Gasteiger partial charge on any atom is 0.259 e. The van der Waals surface area contributed by atoms with Crippen LogP contribution >= 0.6 is 0 Å². The van der Waals surface area contributed by atoms with Gasteiger partial charge in [-0.1, -0.05) is 43.2 Å². The number of hydrogen-bond acceptors (Lipinski definition) is 3. The third-order valence-corrected chi connectivity index (χ3v) is 4.47. The topological polar surface area (TPSA) is 64.4 Å². The second kappa shape index (κ2) is 7.95. The number of nitrogens with zero attached hydrogens (tertiary/aromatic N) is 1. The van der Waals surface area contributed by atoms with Crippen molar-refractivity contribution in [3.8, 4) is 0 Å². The zero-order chi connectivity index (χ0) is 16.8. The van der Waals surface area contributed by atoms with E-state index in [9.17, 15) is 9.90 Å². The van der Waals surface area contributed by atoms with Crippen LogP contribution in [-0.4, -0.2) is 34.7 Å². The predicted octanol–water partition coefficient (Wildman–Crippen LogP) is 3.84. The van der Waals surface area contributed by atoms with E-state index in [4.69, 9.17) is 5.41 Å². The first-order valence-electron chi connectivity index (χ1n) is 8.36. The van der Waals surface area contributed by atoms with Gasteiger partial charge in [-0.2, -0.15) is 0 Å². The Balaban J connectivity index is 2.12. The van der Waals surface area contributed by atoms with E-state index in [1.165, 1.54) is 0 Å². The summed E-state index contributed by atoms with van der Waals surface area (Å²) in [6, 6.07) is 7.43. The van der Waals surface area contributed by atoms with Crippen LogP contribution in [0, 0.1) is 18.3 Å². The molecule has 124 valence electrons. The zero-order valence-corrected chi connectivity index (χ0v) is 14.0. The van der Waals surface area contributed by atoms with Crippen molar-refractivity contribution in [1.29, 1.82) is 5.41 Å². The van der Waals surface area contributed by atoms with E-state index in [1.54, 1.807) is 4.90 Å². The Labute approximate surface area is 138 Å². The van der Waals surface area contributed by atoms with Gasteiger partial charge in [0, 0.05) is 18.7 Å². The molecule has 2 rings (SSSR count). The molecule has 1 saturated heterocycles. The number of likely N-dealkylation sites (tertiary alicyclic amines) is 1. The SMILES string of the molecule is CCCC1CCCN(C(=O)/C(=C/O)C(=N)c2ccc(C)cc2)C1. The van der Waals surface area contributed by atoms with Crippen molar-refractivity contribution in [2.24, 2.45) is 5.92 Å². The molecule has 1 unspecified atom stereocenters. The molecule has 0 aliphatic carbocycles. The largest absolute Gasteiger partial charge is 0.515 e. The number of hydrogen-bond donors (Lipinski definition) is 2. The minimum atomic E-state index is -0.237. The van der Waals surface area contributed by atoms with Crippen molar-refractivity contribution in [3.05, 3.63) is 47.2 Å². The summed E-state index contributed by atoms with van der Waals surface area (Å²) in [5.74, 6) is 0.296. The number of nitrogens with one attached hydrogen (secondary N) is 1. The van der Waals surface area contributed by atoms with Crippen molar-refractivity contribution < 1.29 is 9.90 Å². The van der Waals surface area contributed by atoms with Gasteiger partial charge in [-0.05, 0) is 32.1 Å². The van der Waals surface area contributed by atoms with Crippen LogP contribution in [0.1, 0.15) is 43.7 Å². The van der Waals surface area contributed by atoms with E-state index >= 15 is 0 Å². The number of rotatable bonds is 5. The van der Waals surface area contributed by atoms with Gasteiger partial charge < -0.3 is 10.0 Å². The Hall–Kier alpha value is -2.10. The highest BCUT2D eigenvalue weighted by molar-refractivity contribution is 6.26. The Bertz CT molecular complexity index is 588. The Morgan fingerprint density at radius 3 is 2.70 bits per heavy atom. The van der Waals surface area contributed by atoms with Gasteiger partial charge >= 0.3 is 0 Å². The molecule has 4 nitrogen and oxygen atoms in total. The monoisotopic (exact) mass is 314 g/mol. The summed E-state index contributed by atoms with van der Waals surface area (Å²) in [7, 11) is 0. The fourth-order valence-electron chi connectivity index (χ4n) is 3.17. The van der Waals surface area contributed by atoms with Crippen molar-refractivity contribution in [3.63, 3.8) is 0 Å². The van der Waals surface area contributed by atoms with Crippen molar-refractivity contribution in [2.45, 2.75) is 39.5 Å². The molecule has 1 aliphatic heterocycles. The molecule has 0 aromatic heterocycles. The molecule has 23 heavy (non-hydrogen) atoms. The molecule has 0 bridgehead atoms. The van der Waals surface area contributed by atoms with E-state index in [2.05, 4.69) is 6.92 Å². The number of aryl methyl sites for hydroxylation is 1. The number of piperidine rings is 1. The van der Waals surface area contributed by atoms with E-state index in [0.717, 1.165) is 44.1 Å². The van der Waals surface area contributed by atoms with Crippen LogP contribution in [0.5, 0.6) is 0 Å². The van der Waals surface area contributed by atoms with Gasteiger partial charge in [-0.3, -0.25) is 10.2 Å². The molecule has 0 spiro atoms. The molecule has 2 N–H and O–H groups in total. The van der Waals surface area contributed by atoms with Crippen LogP contribution < -0.4 is 0 Å². The third-order valence-electron chi connectivity index (χ3n) is 4.47. The summed E-state index contributed by atoms with van der Waals surface area (Å²) in [5.41, 5.74) is 1.90. The van der Waals surface area contributed by atoms with Gasteiger partial charge in [-0.15, -0.1) is 0 Å². The minimum Gasteiger partial charge on any atom is -0.515 e. The summed E-state index contributed by atoms with van der Waals surface area (Å²) >= 11 is 0. The number of aliphatic hydroxyl groups excluding tert-OH is 1. The molecule has 0 radical (unpaired) electrons. The summed E-state index contributed by atoms with van der Waals surface area (Å²) in [6.07, 6.45) is 5.18. The van der Waals surface area contributed by atoms with Crippen LogP contribution in [0.25, 0.3) is 0 Å². The Morgan fingerprint density at radius 1 is 1.39 bits per heavy atom. The van der Waals surface area contributed by atoms with E-state index in [-0.39, 0.29) is 17.2 Å². The van der Waals surface area contributed by atoms with Crippen LogP contribution in [-0.2, 0) is 4.79 Å². The van der Waals surface area contributed by atoms with Crippen LogP contribution in [0.3, 0.4) is 0 Å². The van der Waals surface area contributed by atoms with Crippen LogP contribution in [0.4, 0.5) is 0 Å². The van der Waals surface area contributed by atoms with Crippen LogP contribution in [0.15, 0.2) is 36.1 Å². The lowest BCUT2D eigenvalue weighted by Crippen LogP contribution is -2.41. The second-order valence-corrected chi connectivity index (χ2v) is 6.33. The molecule has 0 saturated carbocycles. The number of amides is 1. The van der Waals surface area contributed by atoms with E-state index in [0.29, 0.717) is 18.0 Å². The lowest BCUT2D eigenvalue weighted by Gasteiger charge is -2.33. The highest BCUT2D eigenvalue weighted by atomic mass is 16.2. The normalized spacial score (nSPS) is 18.8. The second-order valence-electron chi connectivity index (χ2n) is 6.33. The van der Waals surface area contributed by atoms with E-state index in [1.807, 2.05) is 31.2 Å². The maximum absolute atomic E-state index is 12.7. The standard InChI is InChI=1S/C19H26N2O2/c1-3-5-15-6-4-11-21(12-15)19(23)17(13-22)18(20)16-9-7-14(2)8-10-16/h7-10,13,15,20,22H,3-6,11-12H2,1-2H3/b17-13+,20-18?. The van der Waals surface area contributed by atoms with Crippen LogP contribution in [0.2, 0.25) is 0 Å². The first kappa shape index (κ1) is 17.3. The lowest BCUT2D eigenvalue weighted by atomic mass is 9.92. The number of carbonyl (C=O) groups is 1. The van der Waals surface area contributed by atoms with Gasteiger partial charge in [0.25, 0.3) is 5.91 Å². The van der Waals surface area contributed by atoms with Gasteiger partial charge in [0.15, 0.2) is 0 Å². The van der Waals surface area contributed by atoms with Gasteiger partial charge in [-0.25, -0.2) is 0 Å². The van der Waals surface area contributed by atoms with Gasteiger partial charge in [0.2, 0.25) is 0 Å². The summed E-state index contributed by atoms with van der Waals surface area (Å²) in [6.45, 7) is 5.57.